The van der Waals surface area contributed by atoms with Gasteiger partial charge in [-0.2, -0.15) is 0 Å². The van der Waals surface area contributed by atoms with Gasteiger partial charge in [0.1, 0.15) is 5.69 Å². The highest BCUT2D eigenvalue weighted by Crippen LogP contribution is 2.32. The molecule has 0 aromatic heterocycles. The van der Waals surface area contributed by atoms with Crippen molar-refractivity contribution in [2.24, 2.45) is 5.92 Å². The third-order valence-electron chi connectivity index (χ3n) is 5.07. The number of hydrogen-bond donors (Lipinski definition) is 1. The molecule has 2 aromatic rings. The molecule has 1 fully saturated rings. The van der Waals surface area contributed by atoms with E-state index in [0.717, 1.165) is 5.56 Å². The Hall–Kier alpha value is -2.31. The number of benzene rings is 2. The van der Waals surface area contributed by atoms with Gasteiger partial charge >= 0.3 is 0 Å². The number of halogens is 2. The van der Waals surface area contributed by atoms with Gasteiger partial charge in [-0.25, -0.2) is 0 Å². The van der Waals surface area contributed by atoms with Crippen molar-refractivity contribution < 1.29 is 9.72 Å². The molecule has 1 amide bonds. The molecule has 28 heavy (non-hydrogen) atoms. The van der Waals surface area contributed by atoms with Crippen LogP contribution in [0.15, 0.2) is 42.5 Å². The van der Waals surface area contributed by atoms with E-state index in [1.54, 1.807) is 30.3 Å². The van der Waals surface area contributed by atoms with E-state index >= 15 is 0 Å². The van der Waals surface area contributed by atoms with Gasteiger partial charge in [0.2, 0.25) is 5.91 Å². The molecule has 1 heterocycles. The largest absolute Gasteiger partial charge is 0.366 e. The number of para-hydroxylation sites is 2. The summed E-state index contributed by atoms with van der Waals surface area (Å²) in [6.07, 6.45) is 1.28. The van der Waals surface area contributed by atoms with Gasteiger partial charge in [-0.3, -0.25) is 14.9 Å². The summed E-state index contributed by atoms with van der Waals surface area (Å²) < 4.78 is 0. The van der Waals surface area contributed by atoms with Crippen molar-refractivity contribution in [2.75, 3.05) is 18.0 Å². The van der Waals surface area contributed by atoms with E-state index < -0.39 is 0 Å². The Bertz CT molecular complexity index is 883. The van der Waals surface area contributed by atoms with Crippen LogP contribution in [0, 0.1) is 16.0 Å². The minimum Gasteiger partial charge on any atom is -0.366 e. The van der Waals surface area contributed by atoms with Crippen LogP contribution < -0.4 is 10.2 Å². The number of hydrogen-bond acceptors (Lipinski definition) is 4. The Morgan fingerprint density at radius 1 is 1.21 bits per heavy atom. The molecule has 0 radical (unpaired) electrons. The van der Waals surface area contributed by atoms with E-state index in [9.17, 15) is 14.9 Å². The smallest absolute Gasteiger partial charge is 0.292 e. The van der Waals surface area contributed by atoms with Crippen LogP contribution in [0.25, 0.3) is 0 Å². The first-order chi connectivity index (χ1) is 13.4. The normalized spacial score (nSPS) is 15.9. The summed E-state index contributed by atoms with van der Waals surface area (Å²) in [4.78, 5) is 25.5. The molecule has 1 aliphatic rings. The fraction of sp³-hybridized carbons (Fsp3) is 0.350. The highest BCUT2D eigenvalue weighted by Gasteiger charge is 2.29. The predicted molar refractivity (Wildman–Crippen MR) is 111 cm³/mol. The minimum atomic E-state index is -0.369. The molecule has 0 bridgehead atoms. The quantitative estimate of drug-likeness (QED) is 0.544. The highest BCUT2D eigenvalue weighted by molar-refractivity contribution is 6.35. The molecule has 1 saturated heterocycles. The van der Waals surface area contributed by atoms with Crippen LogP contribution in [0.4, 0.5) is 11.4 Å². The summed E-state index contributed by atoms with van der Waals surface area (Å²) in [5.74, 6) is -0.159. The number of amides is 1. The van der Waals surface area contributed by atoms with E-state index in [0.29, 0.717) is 41.7 Å². The Labute approximate surface area is 173 Å². The summed E-state index contributed by atoms with van der Waals surface area (Å²) >= 11 is 12.1. The van der Waals surface area contributed by atoms with Gasteiger partial charge in [-0.05, 0) is 43.5 Å². The second-order valence-corrected chi connectivity index (χ2v) is 7.75. The summed E-state index contributed by atoms with van der Waals surface area (Å²) in [5, 5.41) is 15.3. The summed E-state index contributed by atoms with van der Waals surface area (Å²) in [7, 11) is 0. The van der Waals surface area contributed by atoms with Crippen molar-refractivity contribution in [3.05, 3.63) is 68.2 Å². The van der Waals surface area contributed by atoms with Crippen LogP contribution in [0.1, 0.15) is 31.4 Å². The number of piperidine rings is 1. The second kappa shape index (κ2) is 8.80. The Morgan fingerprint density at radius 2 is 1.89 bits per heavy atom. The van der Waals surface area contributed by atoms with Gasteiger partial charge in [0.25, 0.3) is 5.69 Å². The van der Waals surface area contributed by atoms with Gasteiger partial charge < -0.3 is 10.2 Å². The average Bonchev–Trinajstić information content (AvgIpc) is 2.68. The van der Waals surface area contributed by atoms with Gasteiger partial charge in [-0.15, -0.1) is 0 Å². The first-order valence-electron chi connectivity index (χ1n) is 9.10. The van der Waals surface area contributed by atoms with Crippen LogP contribution >= 0.6 is 23.2 Å². The van der Waals surface area contributed by atoms with Crippen LogP contribution in [-0.4, -0.2) is 23.9 Å². The Balaban J connectivity index is 1.60. The number of carbonyl (C=O) groups is 1. The van der Waals surface area contributed by atoms with Crippen molar-refractivity contribution in [1.29, 1.82) is 0 Å². The average molecular weight is 422 g/mol. The fourth-order valence-corrected chi connectivity index (χ4v) is 4.10. The number of nitro benzene ring substituents is 1. The SMILES string of the molecule is CC(NC(=O)C1CCN(c2ccccc2[N+](=O)[O-])CC1)c1ccc(Cl)cc1Cl. The first kappa shape index (κ1) is 20.4. The Morgan fingerprint density at radius 3 is 2.54 bits per heavy atom. The number of anilines is 1. The zero-order valence-corrected chi connectivity index (χ0v) is 16.9. The molecule has 8 heteroatoms. The van der Waals surface area contributed by atoms with Crippen molar-refractivity contribution in [1.82, 2.24) is 5.32 Å². The third kappa shape index (κ3) is 4.56. The molecule has 1 aliphatic heterocycles. The van der Waals surface area contributed by atoms with Crippen LogP contribution in [-0.2, 0) is 4.79 Å². The zero-order valence-electron chi connectivity index (χ0n) is 15.4. The van der Waals surface area contributed by atoms with Crippen LogP contribution in [0.3, 0.4) is 0 Å². The van der Waals surface area contributed by atoms with E-state index in [2.05, 4.69) is 5.32 Å². The molecule has 0 spiro atoms. The molecule has 2 aromatic carbocycles. The maximum atomic E-state index is 12.7. The van der Waals surface area contributed by atoms with E-state index in [1.807, 2.05) is 17.9 Å². The van der Waals surface area contributed by atoms with Crippen molar-refractivity contribution in [3.63, 3.8) is 0 Å². The monoisotopic (exact) mass is 421 g/mol. The lowest BCUT2D eigenvalue weighted by Gasteiger charge is -2.33. The first-order valence-corrected chi connectivity index (χ1v) is 9.86. The number of nitrogens with one attached hydrogen (secondary N) is 1. The predicted octanol–water partition coefficient (Wildman–Crippen LogP) is 5.00. The Kier molecular flexibility index (Phi) is 6.42. The maximum Gasteiger partial charge on any atom is 0.292 e. The van der Waals surface area contributed by atoms with Gasteiger partial charge in [0.05, 0.1) is 11.0 Å². The minimum absolute atomic E-state index is 0.0271. The molecule has 1 unspecified atom stereocenters. The summed E-state index contributed by atoms with van der Waals surface area (Å²) in [6, 6.07) is 11.7. The summed E-state index contributed by atoms with van der Waals surface area (Å²) in [6.45, 7) is 3.08. The van der Waals surface area contributed by atoms with Crippen molar-refractivity contribution >= 4 is 40.5 Å². The zero-order chi connectivity index (χ0) is 20.3. The van der Waals surface area contributed by atoms with Crippen molar-refractivity contribution in [2.45, 2.75) is 25.8 Å². The molecular formula is C20H21Cl2N3O3. The molecule has 6 nitrogen and oxygen atoms in total. The number of rotatable bonds is 5. The fourth-order valence-electron chi connectivity index (χ4n) is 3.53. The van der Waals surface area contributed by atoms with E-state index in [-0.39, 0.29) is 28.5 Å². The molecule has 1 N–H and O–H groups in total. The molecular weight excluding hydrogens is 401 g/mol. The van der Waals surface area contributed by atoms with E-state index in [1.165, 1.54) is 6.07 Å². The molecule has 0 saturated carbocycles. The lowest BCUT2D eigenvalue weighted by atomic mass is 9.94. The van der Waals surface area contributed by atoms with Crippen molar-refractivity contribution in [3.8, 4) is 0 Å². The molecule has 0 aliphatic carbocycles. The number of nitro groups is 1. The van der Waals surface area contributed by atoms with Crippen LogP contribution in [0.2, 0.25) is 10.0 Å². The number of nitrogens with zero attached hydrogens (tertiary/aromatic N) is 2. The lowest BCUT2D eigenvalue weighted by molar-refractivity contribution is -0.384. The standard InChI is InChI=1S/C20H21Cl2N3O3/c1-13(16-7-6-15(21)12-17(16)22)23-20(26)14-8-10-24(11-9-14)18-4-2-3-5-19(18)25(27)28/h2-7,12-14H,8-11H2,1H3,(H,23,26). The summed E-state index contributed by atoms with van der Waals surface area (Å²) in [5.41, 5.74) is 1.51. The third-order valence-corrected chi connectivity index (χ3v) is 5.64. The number of carbonyl (C=O) groups excluding carboxylic acids is 1. The van der Waals surface area contributed by atoms with Gasteiger partial charge in [0, 0.05) is 35.1 Å². The topological polar surface area (TPSA) is 75.5 Å². The van der Waals surface area contributed by atoms with Crippen LogP contribution in [0.5, 0.6) is 0 Å². The van der Waals surface area contributed by atoms with Gasteiger partial charge in [-0.1, -0.05) is 41.4 Å². The second-order valence-electron chi connectivity index (χ2n) is 6.90. The molecule has 148 valence electrons. The highest BCUT2D eigenvalue weighted by atomic mass is 35.5. The maximum absolute atomic E-state index is 12.7. The molecule has 3 rings (SSSR count). The van der Waals surface area contributed by atoms with Gasteiger partial charge in [0.15, 0.2) is 0 Å². The lowest BCUT2D eigenvalue weighted by Crippen LogP contribution is -2.41. The van der Waals surface area contributed by atoms with E-state index in [4.69, 9.17) is 23.2 Å². The molecule has 1 atom stereocenters.